The maximum absolute atomic E-state index is 13.4. The van der Waals surface area contributed by atoms with Crippen molar-refractivity contribution >= 4 is 11.6 Å². The fourth-order valence-electron chi connectivity index (χ4n) is 3.10. The summed E-state index contributed by atoms with van der Waals surface area (Å²) >= 11 is 0. The molecule has 0 aliphatic rings. The lowest BCUT2D eigenvalue weighted by Crippen LogP contribution is -2.16. The molecule has 32 heavy (non-hydrogen) atoms. The maximum atomic E-state index is 13.4. The van der Waals surface area contributed by atoms with Crippen molar-refractivity contribution in [2.75, 3.05) is 5.32 Å². The first kappa shape index (κ1) is 21.2. The number of hydrogen-bond acceptors (Lipinski definition) is 5. The quantitative estimate of drug-likeness (QED) is 0.439. The highest BCUT2D eigenvalue weighted by Gasteiger charge is 2.35. The van der Waals surface area contributed by atoms with Crippen LogP contribution in [0, 0.1) is 5.82 Å². The molecule has 0 radical (unpaired) electrons. The smallest absolute Gasteiger partial charge is 0.354 e. The number of carbonyl (C=O) groups is 1. The zero-order chi connectivity index (χ0) is 22.9. The van der Waals surface area contributed by atoms with Crippen molar-refractivity contribution in [2.24, 2.45) is 0 Å². The summed E-state index contributed by atoms with van der Waals surface area (Å²) in [6.45, 7) is 1.48. The van der Waals surface area contributed by atoms with Crippen molar-refractivity contribution in [3.8, 4) is 11.5 Å². The normalized spacial score (nSPS) is 12.5. The van der Waals surface area contributed by atoms with Crippen LogP contribution >= 0.6 is 0 Å². The summed E-state index contributed by atoms with van der Waals surface area (Å²) in [7, 11) is 0. The number of rotatable bonds is 5. The minimum Gasteiger partial charge on any atom is -0.354 e. The van der Waals surface area contributed by atoms with Gasteiger partial charge in [0.2, 0.25) is 0 Å². The van der Waals surface area contributed by atoms with Gasteiger partial charge in [0.15, 0.2) is 11.5 Å². The van der Waals surface area contributed by atoms with Gasteiger partial charge in [-0.25, -0.2) is 4.39 Å². The molecule has 0 aliphatic heterocycles. The van der Waals surface area contributed by atoms with Crippen LogP contribution in [0.15, 0.2) is 65.6 Å². The number of anilines is 1. The van der Waals surface area contributed by atoms with Crippen molar-refractivity contribution in [1.29, 1.82) is 0 Å². The van der Waals surface area contributed by atoms with Gasteiger partial charge in [-0.2, -0.15) is 18.3 Å². The Hall–Kier alpha value is -4.02. The molecule has 4 rings (SSSR count). The first-order valence-corrected chi connectivity index (χ1v) is 9.32. The predicted octanol–water partition coefficient (Wildman–Crippen LogP) is 4.95. The van der Waals surface area contributed by atoms with E-state index in [1.54, 1.807) is 24.4 Å². The highest BCUT2D eigenvalue weighted by atomic mass is 19.4. The Morgan fingerprint density at radius 2 is 2.00 bits per heavy atom. The number of halogens is 4. The molecule has 11 heteroatoms. The van der Waals surface area contributed by atoms with E-state index in [1.807, 2.05) is 0 Å². The van der Waals surface area contributed by atoms with Gasteiger partial charge in [-0.3, -0.25) is 14.5 Å². The number of aromatic nitrogens is 4. The lowest BCUT2D eigenvalue weighted by atomic mass is 10.0. The van der Waals surface area contributed by atoms with Crippen LogP contribution < -0.4 is 5.32 Å². The van der Waals surface area contributed by atoms with Crippen molar-refractivity contribution in [2.45, 2.75) is 19.1 Å². The second kappa shape index (κ2) is 8.25. The zero-order valence-electron chi connectivity index (χ0n) is 16.5. The molecule has 7 nitrogen and oxygen atoms in total. The molecule has 1 aromatic carbocycles. The number of carbonyl (C=O) groups excluding carboxylic acids is 1. The Labute approximate surface area is 178 Å². The molecule has 0 spiro atoms. The van der Waals surface area contributed by atoms with Crippen molar-refractivity contribution in [3.63, 3.8) is 0 Å². The summed E-state index contributed by atoms with van der Waals surface area (Å²) in [5.41, 5.74) is -0.517. The number of benzene rings is 1. The van der Waals surface area contributed by atoms with Crippen LogP contribution in [-0.4, -0.2) is 25.8 Å². The van der Waals surface area contributed by atoms with Crippen LogP contribution in [0.3, 0.4) is 0 Å². The molecule has 0 saturated carbocycles. The molecule has 3 aromatic heterocycles. The van der Waals surface area contributed by atoms with Crippen LogP contribution in [0.5, 0.6) is 0 Å². The van der Waals surface area contributed by atoms with Gasteiger partial charge in [0.25, 0.3) is 5.91 Å². The third-order valence-corrected chi connectivity index (χ3v) is 4.69. The van der Waals surface area contributed by atoms with E-state index in [2.05, 4.69) is 20.6 Å². The minimum atomic E-state index is -4.73. The Kier molecular flexibility index (Phi) is 5.47. The van der Waals surface area contributed by atoms with Crippen LogP contribution in [-0.2, 0) is 6.18 Å². The van der Waals surface area contributed by atoms with Crippen LogP contribution in [0.1, 0.15) is 34.6 Å². The number of nitrogens with one attached hydrogen (secondary N) is 1. The average molecular weight is 445 g/mol. The summed E-state index contributed by atoms with van der Waals surface area (Å²) in [4.78, 5) is 16.6. The molecular weight excluding hydrogens is 430 g/mol. The number of alkyl halides is 3. The maximum Gasteiger partial charge on any atom is 0.416 e. The lowest BCUT2D eigenvalue weighted by Gasteiger charge is -2.18. The summed E-state index contributed by atoms with van der Waals surface area (Å²) in [5, 5.41) is 10.3. The molecule has 1 N–H and O–H groups in total. The van der Waals surface area contributed by atoms with Crippen molar-refractivity contribution in [3.05, 3.63) is 83.7 Å². The summed E-state index contributed by atoms with van der Waals surface area (Å²) in [5.74, 6) is -1.28. The third-order valence-electron chi connectivity index (χ3n) is 4.69. The fourth-order valence-corrected chi connectivity index (χ4v) is 3.10. The number of hydrogen-bond donors (Lipinski definition) is 1. The van der Waals surface area contributed by atoms with E-state index in [1.165, 1.54) is 30.1 Å². The van der Waals surface area contributed by atoms with E-state index >= 15 is 0 Å². The first-order valence-electron chi connectivity index (χ1n) is 9.32. The molecule has 0 saturated heterocycles. The second-order valence-corrected chi connectivity index (χ2v) is 6.86. The van der Waals surface area contributed by atoms with Crippen molar-refractivity contribution in [1.82, 2.24) is 19.9 Å². The summed E-state index contributed by atoms with van der Waals surface area (Å²) < 4.78 is 59.7. The predicted molar refractivity (Wildman–Crippen MR) is 105 cm³/mol. The standard InChI is InChI=1S/C21H15F4N5O2/c1-12(15-6-5-13(22)8-16(15)21(23,24)25)30-11-14(10-27-30)28-20(31)18-9-19(32-29-18)17-4-2-3-7-26-17/h2-12H,1H3,(H,28,31)/t12-/m0/s1. The van der Waals surface area contributed by atoms with Crippen LogP contribution in [0.2, 0.25) is 0 Å². The lowest BCUT2D eigenvalue weighted by molar-refractivity contribution is -0.138. The Balaban J connectivity index is 1.51. The molecule has 1 atom stereocenters. The number of nitrogens with zero attached hydrogens (tertiary/aromatic N) is 4. The number of pyridine rings is 1. The van der Waals surface area contributed by atoms with E-state index in [9.17, 15) is 22.4 Å². The molecule has 0 unspecified atom stereocenters. The van der Waals surface area contributed by atoms with Crippen molar-refractivity contribution < 1.29 is 26.9 Å². The van der Waals surface area contributed by atoms with E-state index in [-0.39, 0.29) is 16.9 Å². The summed E-state index contributed by atoms with van der Waals surface area (Å²) in [6.07, 6.45) is -0.511. The number of amides is 1. The monoisotopic (exact) mass is 445 g/mol. The Morgan fingerprint density at radius 3 is 2.72 bits per heavy atom. The fraction of sp³-hybridized carbons (Fsp3) is 0.143. The Bertz CT molecular complexity index is 1250. The molecule has 0 aliphatic carbocycles. The Morgan fingerprint density at radius 1 is 1.19 bits per heavy atom. The van der Waals surface area contributed by atoms with E-state index in [0.29, 0.717) is 17.5 Å². The SMILES string of the molecule is C[C@@H](c1ccc(F)cc1C(F)(F)F)n1cc(NC(=O)c2cc(-c3ccccn3)on2)cn1. The summed E-state index contributed by atoms with van der Waals surface area (Å²) in [6, 6.07) is 8.19. The molecule has 3 heterocycles. The van der Waals surface area contributed by atoms with Gasteiger partial charge in [-0.15, -0.1) is 0 Å². The second-order valence-electron chi connectivity index (χ2n) is 6.86. The topological polar surface area (TPSA) is 85.8 Å². The zero-order valence-corrected chi connectivity index (χ0v) is 16.5. The van der Waals surface area contributed by atoms with E-state index in [0.717, 1.165) is 12.1 Å². The van der Waals surface area contributed by atoms with Gasteiger partial charge in [0.1, 0.15) is 11.5 Å². The van der Waals surface area contributed by atoms with Gasteiger partial charge in [-0.05, 0) is 36.8 Å². The van der Waals surface area contributed by atoms with E-state index in [4.69, 9.17) is 4.52 Å². The molecular formula is C21H15F4N5O2. The van der Waals surface area contributed by atoms with E-state index < -0.39 is 29.5 Å². The molecule has 1 amide bonds. The first-order chi connectivity index (χ1) is 15.2. The van der Waals surface area contributed by atoms with Gasteiger partial charge in [0.05, 0.1) is 23.5 Å². The molecule has 0 bridgehead atoms. The molecule has 0 fully saturated rings. The van der Waals surface area contributed by atoms with Gasteiger partial charge in [0, 0.05) is 18.5 Å². The van der Waals surface area contributed by atoms with Gasteiger partial charge >= 0.3 is 6.18 Å². The van der Waals surface area contributed by atoms with Crippen LogP contribution in [0.25, 0.3) is 11.5 Å². The minimum absolute atomic E-state index is 0.00987. The van der Waals surface area contributed by atoms with Gasteiger partial charge in [-0.1, -0.05) is 17.3 Å². The van der Waals surface area contributed by atoms with Crippen LogP contribution in [0.4, 0.5) is 23.2 Å². The van der Waals surface area contributed by atoms with Gasteiger partial charge < -0.3 is 9.84 Å². The third kappa shape index (κ3) is 4.36. The highest BCUT2D eigenvalue weighted by Crippen LogP contribution is 2.36. The average Bonchev–Trinajstić information content (AvgIpc) is 3.43. The largest absolute Gasteiger partial charge is 0.416 e. The highest BCUT2D eigenvalue weighted by molar-refractivity contribution is 6.03. The molecule has 4 aromatic rings. The molecule has 164 valence electrons.